The second-order valence-corrected chi connectivity index (χ2v) is 7.40. The molecule has 5 heteroatoms. The molecule has 1 unspecified atom stereocenters. The molecular formula is C15H25N3OS. The third kappa shape index (κ3) is 3.81. The van der Waals surface area contributed by atoms with Crippen molar-refractivity contribution in [3.05, 3.63) is 21.9 Å². The maximum atomic E-state index is 12.0. The Bertz CT molecular complexity index is 469. The molecule has 1 aliphatic rings. The molecule has 0 saturated carbocycles. The molecule has 1 saturated heterocycles. The summed E-state index contributed by atoms with van der Waals surface area (Å²) >= 11 is 1.69. The fraction of sp³-hybridized carbons (Fsp3) is 0.667. The van der Waals surface area contributed by atoms with Crippen molar-refractivity contribution in [1.29, 1.82) is 0 Å². The summed E-state index contributed by atoms with van der Waals surface area (Å²) in [4.78, 5) is 15.5. The molecule has 0 aliphatic carbocycles. The van der Waals surface area contributed by atoms with Crippen molar-refractivity contribution in [2.75, 3.05) is 19.6 Å². The van der Waals surface area contributed by atoms with Gasteiger partial charge < -0.3 is 11.1 Å². The summed E-state index contributed by atoms with van der Waals surface area (Å²) in [6.45, 7) is 9.34. The summed E-state index contributed by atoms with van der Waals surface area (Å²) in [6.07, 6.45) is 0.963. The zero-order chi connectivity index (χ0) is 14.8. The summed E-state index contributed by atoms with van der Waals surface area (Å²) in [5.74, 6) is 0.101. The van der Waals surface area contributed by atoms with Crippen LogP contribution in [0.1, 0.15) is 30.7 Å². The molecule has 112 valence electrons. The lowest BCUT2D eigenvalue weighted by atomic mass is 9.80. The standard InChI is InChI=1S/C15H25N3OS/c1-11-5-7-20-12(11)8-17-14(19)9-18-6-4-13(16)15(2,3)10-18/h5,7,13H,4,6,8-10,16H2,1-3H3,(H,17,19). The van der Waals surface area contributed by atoms with Crippen LogP contribution in [-0.4, -0.2) is 36.5 Å². The highest BCUT2D eigenvalue weighted by Crippen LogP contribution is 2.27. The lowest BCUT2D eigenvalue weighted by molar-refractivity contribution is -0.123. The molecule has 1 atom stereocenters. The number of aryl methyl sites for hydroxylation is 1. The van der Waals surface area contributed by atoms with Crippen LogP contribution in [0.2, 0.25) is 0 Å². The van der Waals surface area contributed by atoms with Crippen LogP contribution < -0.4 is 11.1 Å². The van der Waals surface area contributed by atoms with Gasteiger partial charge in [-0.05, 0) is 35.8 Å². The van der Waals surface area contributed by atoms with Gasteiger partial charge in [0.05, 0.1) is 13.1 Å². The molecule has 1 amide bonds. The predicted octanol–water partition coefficient (Wildman–Crippen LogP) is 1.73. The van der Waals surface area contributed by atoms with Crippen LogP contribution >= 0.6 is 11.3 Å². The molecule has 3 N–H and O–H groups in total. The Kier molecular flexibility index (Phi) is 4.83. The summed E-state index contributed by atoms with van der Waals surface area (Å²) in [5.41, 5.74) is 7.46. The Morgan fingerprint density at radius 3 is 2.95 bits per heavy atom. The lowest BCUT2D eigenvalue weighted by Crippen LogP contribution is -2.54. The number of hydrogen-bond acceptors (Lipinski definition) is 4. The van der Waals surface area contributed by atoms with Gasteiger partial charge in [-0.15, -0.1) is 11.3 Å². The highest BCUT2D eigenvalue weighted by atomic mass is 32.1. The Labute approximate surface area is 125 Å². The number of amides is 1. The molecule has 0 bridgehead atoms. The topological polar surface area (TPSA) is 58.4 Å². The van der Waals surface area contributed by atoms with Crippen molar-refractivity contribution >= 4 is 17.2 Å². The molecular weight excluding hydrogens is 270 g/mol. The monoisotopic (exact) mass is 295 g/mol. The quantitative estimate of drug-likeness (QED) is 0.889. The first-order valence-corrected chi connectivity index (χ1v) is 8.04. The van der Waals surface area contributed by atoms with E-state index in [0.717, 1.165) is 19.5 Å². The summed E-state index contributed by atoms with van der Waals surface area (Å²) < 4.78 is 0. The minimum Gasteiger partial charge on any atom is -0.350 e. The van der Waals surface area contributed by atoms with Gasteiger partial charge in [0.25, 0.3) is 0 Å². The highest BCUT2D eigenvalue weighted by Gasteiger charge is 2.33. The Hall–Kier alpha value is -0.910. The Morgan fingerprint density at radius 1 is 1.60 bits per heavy atom. The number of carbonyl (C=O) groups is 1. The Balaban J connectivity index is 1.79. The average Bonchev–Trinajstić information content (AvgIpc) is 2.77. The van der Waals surface area contributed by atoms with E-state index in [-0.39, 0.29) is 17.4 Å². The molecule has 4 nitrogen and oxygen atoms in total. The number of likely N-dealkylation sites (tertiary alicyclic amines) is 1. The number of piperidine rings is 1. The van der Waals surface area contributed by atoms with Crippen LogP contribution in [0.25, 0.3) is 0 Å². The normalized spacial score (nSPS) is 22.7. The zero-order valence-electron chi connectivity index (χ0n) is 12.6. The van der Waals surface area contributed by atoms with Crippen molar-refractivity contribution in [2.24, 2.45) is 11.1 Å². The maximum Gasteiger partial charge on any atom is 0.234 e. The van der Waals surface area contributed by atoms with E-state index in [1.54, 1.807) is 11.3 Å². The smallest absolute Gasteiger partial charge is 0.234 e. The molecule has 1 aromatic heterocycles. The van der Waals surface area contributed by atoms with Crippen molar-refractivity contribution in [3.8, 4) is 0 Å². The minimum absolute atomic E-state index is 0.0862. The minimum atomic E-state index is 0.0862. The van der Waals surface area contributed by atoms with E-state index >= 15 is 0 Å². The number of rotatable bonds is 4. The number of nitrogens with zero attached hydrogens (tertiary/aromatic N) is 1. The summed E-state index contributed by atoms with van der Waals surface area (Å²) in [7, 11) is 0. The molecule has 1 fully saturated rings. The first kappa shape index (κ1) is 15.5. The van der Waals surface area contributed by atoms with Gasteiger partial charge in [0.15, 0.2) is 0 Å². The van der Waals surface area contributed by atoms with Gasteiger partial charge in [0, 0.05) is 24.0 Å². The van der Waals surface area contributed by atoms with Gasteiger partial charge in [-0.1, -0.05) is 13.8 Å². The molecule has 1 aromatic rings. The van der Waals surface area contributed by atoms with Gasteiger partial charge in [-0.25, -0.2) is 0 Å². The summed E-state index contributed by atoms with van der Waals surface area (Å²) in [6, 6.07) is 2.32. The van der Waals surface area contributed by atoms with Gasteiger partial charge in [0.2, 0.25) is 5.91 Å². The van der Waals surface area contributed by atoms with E-state index in [0.29, 0.717) is 13.1 Å². The van der Waals surface area contributed by atoms with Crippen LogP contribution in [0.3, 0.4) is 0 Å². The lowest BCUT2D eigenvalue weighted by Gasteiger charge is -2.42. The largest absolute Gasteiger partial charge is 0.350 e. The second kappa shape index (κ2) is 6.24. The average molecular weight is 295 g/mol. The first-order valence-electron chi connectivity index (χ1n) is 7.16. The molecule has 0 radical (unpaired) electrons. The molecule has 0 aromatic carbocycles. The van der Waals surface area contributed by atoms with Gasteiger partial charge >= 0.3 is 0 Å². The van der Waals surface area contributed by atoms with Crippen molar-refractivity contribution in [1.82, 2.24) is 10.2 Å². The highest BCUT2D eigenvalue weighted by molar-refractivity contribution is 7.10. The van der Waals surface area contributed by atoms with E-state index < -0.39 is 0 Å². The van der Waals surface area contributed by atoms with E-state index in [2.05, 4.69) is 42.4 Å². The van der Waals surface area contributed by atoms with Gasteiger partial charge in [-0.3, -0.25) is 9.69 Å². The predicted molar refractivity (Wildman–Crippen MR) is 83.7 cm³/mol. The van der Waals surface area contributed by atoms with Crippen molar-refractivity contribution in [2.45, 2.75) is 39.8 Å². The molecule has 1 aliphatic heterocycles. The van der Waals surface area contributed by atoms with Gasteiger partial charge in [-0.2, -0.15) is 0 Å². The molecule has 2 heterocycles. The van der Waals surface area contributed by atoms with E-state index in [9.17, 15) is 4.79 Å². The molecule has 0 spiro atoms. The number of thiophene rings is 1. The first-order chi connectivity index (χ1) is 9.38. The SMILES string of the molecule is Cc1ccsc1CNC(=O)CN1CCC(N)C(C)(C)C1. The second-order valence-electron chi connectivity index (χ2n) is 6.40. The van der Waals surface area contributed by atoms with Crippen LogP contribution in [-0.2, 0) is 11.3 Å². The third-order valence-electron chi connectivity index (χ3n) is 4.17. The van der Waals surface area contributed by atoms with Crippen molar-refractivity contribution in [3.63, 3.8) is 0 Å². The number of nitrogens with one attached hydrogen (secondary N) is 1. The maximum absolute atomic E-state index is 12.0. The van der Waals surface area contributed by atoms with E-state index in [1.807, 2.05) is 0 Å². The summed E-state index contributed by atoms with van der Waals surface area (Å²) in [5, 5.41) is 5.07. The van der Waals surface area contributed by atoms with E-state index in [1.165, 1.54) is 10.4 Å². The van der Waals surface area contributed by atoms with Crippen LogP contribution in [0.15, 0.2) is 11.4 Å². The molecule has 20 heavy (non-hydrogen) atoms. The zero-order valence-corrected chi connectivity index (χ0v) is 13.4. The number of nitrogens with two attached hydrogens (primary N) is 1. The Morgan fingerprint density at radius 2 is 2.35 bits per heavy atom. The number of carbonyl (C=O) groups excluding carboxylic acids is 1. The van der Waals surface area contributed by atoms with Crippen LogP contribution in [0.4, 0.5) is 0 Å². The fourth-order valence-electron chi connectivity index (χ4n) is 2.64. The van der Waals surface area contributed by atoms with Gasteiger partial charge in [0.1, 0.15) is 0 Å². The van der Waals surface area contributed by atoms with Crippen LogP contribution in [0.5, 0.6) is 0 Å². The fourth-order valence-corrected chi connectivity index (χ4v) is 3.49. The molecule has 2 rings (SSSR count). The van der Waals surface area contributed by atoms with Crippen molar-refractivity contribution < 1.29 is 4.79 Å². The van der Waals surface area contributed by atoms with Crippen LogP contribution in [0, 0.1) is 12.3 Å². The number of hydrogen-bond donors (Lipinski definition) is 2. The van der Waals surface area contributed by atoms with E-state index in [4.69, 9.17) is 5.73 Å². The third-order valence-corrected chi connectivity index (χ3v) is 5.20.